The molecule has 1 unspecified atom stereocenters. The number of halogens is 3. The third kappa shape index (κ3) is 2.51. The molecule has 1 aromatic rings. The maximum absolute atomic E-state index is 5.62. The van der Waals surface area contributed by atoms with E-state index < -0.39 is 0 Å². The summed E-state index contributed by atoms with van der Waals surface area (Å²) in [7, 11) is 0. The van der Waals surface area contributed by atoms with E-state index >= 15 is 0 Å². The van der Waals surface area contributed by atoms with Gasteiger partial charge in [-0.3, -0.25) is 0 Å². The van der Waals surface area contributed by atoms with E-state index in [1.54, 1.807) is 0 Å². The van der Waals surface area contributed by atoms with Crippen molar-refractivity contribution in [1.29, 1.82) is 0 Å². The molecule has 2 nitrogen and oxygen atoms in total. The van der Waals surface area contributed by atoms with Crippen LogP contribution >= 0.6 is 47.8 Å². The molecule has 0 aromatic heterocycles. The minimum absolute atomic E-state index is 0.271. The molecule has 1 aliphatic rings. The number of benzene rings is 1. The molecule has 14 heavy (non-hydrogen) atoms. The van der Waals surface area contributed by atoms with Gasteiger partial charge >= 0.3 is 0 Å². The number of hydrogen-bond acceptors (Lipinski definition) is 2. The lowest BCUT2D eigenvalue weighted by Gasteiger charge is -2.09. The molecule has 0 aliphatic carbocycles. The Morgan fingerprint density at radius 2 is 1.93 bits per heavy atom. The van der Waals surface area contributed by atoms with Crippen molar-refractivity contribution in [2.24, 2.45) is 0 Å². The van der Waals surface area contributed by atoms with Gasteiger partial charge in [0.05, 0.1) is 15.6 Å². The summed E-state index contributed by atoms with van der Waals surface area (Å²) in [5.41, 5.74) is 0. The van der Waals surface area contributed by atoms with E-state index in [0.717, 1.165) is 25.8 Å². The molecule has 76 valence electrons. The molecule has 1 aromatic carbocycles. The first-order chi connectivity index (χ1) is 6.68. The molecule has 0 saturated carbocycles. The average molecular weight is 387 g/mol. The van der Waals surface area contributed by atoms with Crippen LogP contribution in [0.1, 0.15) is 0 Å². The third-order valence-electron chi connectivity index (χ3n) is 1.82. The molecule has 0 amide bonds. The van der Waals surface area contributed by atoms with Gasteiger partial charge in [-0.25, -0.2) is 0 Å². The Hall–Kier alpha value is 0.420. The summed E-state index contributed by atoms with van der Waals surface area (Å²) in [5, 5.41) is 0. The van der Waals surface area contributed by atoms with Crippen LogP contribution in [-0.4, -0.2) is 19.3 Å². The topological polar surface area (TPSA) is 21.8 Å². The SMILES string of the molecule is Brc1ccc(Br)c(OCC2CO2)c1Br. The maximum Gasteiger partial charge on any atom is 0.148 e. The number of rotatable bonds is 3. The van der Waals surface area contributed by atoms with Crippen LogP contribution in [-0.2, 0) is 4.74 Å². The quantitative estimate of drug-likeness (QED) is 0.583. The van der Waals surface area contributed by atoms with Gasteiger partial charge in [-0.05, 0) is 59.9 Å². The van der Waals surface area contributed by atoms with Gasteiger partial charge in [0.25, 0.3) is 0 Å². The zero-order valence-electron chi connectivity index (χ0n) is 7.10. The molecule has 5 heteroatoms. The Morgan fingerprint density at radius 1 is 1.29 bits per heavy atom. The smallest absolute Gasteiger partial charge is 0.148 e. The second kappa shape index (κ2) is 4.51. The highest BCUT2D eigenvalue weighted by Crippen LogP contribution is 2.38. The third-order valence-corrected chi connectivity index (χ3v) is 4.42. The molecular formula is C9H7Br3O2. The van der Waals surface area contributed by atoms with Crippen molar-refractivity contribution in [2.45, 2.75) is 6.10 Å². The van der Waals surface area contributed by atoms with Gasteiger partial charge in [-0.15, -0.1) is 0 Å². The lowest BCUT2D eigenvalue weighted by atomic mass is 10.3. The van der Waals surface area contributed by atoms with Crippen molar-refractivity contribution in [1.82, 2.24) is 0 Å². The summed E-state index contributed by atoms with van der Waals surface area (Å²) in [6, 6.07) is 3.90. The first-order valence-corrected chi connectivity index (χ1v) is 6.44. The van der Waals surface area contributed by atoms with E-state index in [1.165, 1.54) is 0 Å². The van der Waals surface area contributed by atoms with Crippen molar-refractivity contribution >= 4 is 47.8 Å². The van der Waals surface area contributed by atoms with Gasteiger partial charge in [0.15, 0.2) is 0 Å². The molecule has 1 heterocycles. The summed E-state index contributed by atoms with van der Waals surface area (Å²) in [6.07, 6.45) is 0.271. The summed E-state index contributed by atoms with van der Waals surface area (Å²) in [4.78, 5) is 0. The standard InChI is InChI=1S/C9H7Br3O2/c10-6-1-2-7(11)9(8(6)12)14-4-5-3-13-5/h1-2,5H,3-4H2. The predicted octanol–water partition coefficient (Wildman–Crippen LogP) is 3.75. The van der Waals surface area contributed by atoms with Gasteiger partial charge in [-0.2, -0.15) is 0 Å². The average Bonchev–Trinajstić information content (AvgIpc) is 2.95. The summed E-state index contributed by atoms with van der Waals surface area (Å²) in [6.45, 7) is 1.41. The lowest BCUT2D eigenvalue weighted by Crippen LogP contribution is -2.05. The Labute approximate surface area is 107 Å². The lowest BCUT2D eigenvalue weighted by molar-refractivity contribution is 0.260. The van der Waals surface area contributed by atoms with Gasteiger partial charge in [0.1, 0.15) is 18.5 Å². The van der Waals surface area contributed by atoms with E-state index in [4.69, 9.17) is 9.47 Å². The summed E-state index contributed by atoms with van der Waals surface area (Å²) < 4.78 is 13.5. The van der Waals surface area contributed by atoms with Crippen LogP contribution < -0.4 is 4.74 Å². The Morgan fingerprint density at radius 3 is 2.57 bits per heavy atom. The minimum Gasteiger partial charge on any atom is -0.488 e. The number of epoxide rings is 1. The van der Waals surface area contributed by atoms with Crippen LogP contribution in [0.25, 0.3) is 0 Å². The molecule has 2 rings (SSSR count). The van der Waals surface area contributed by atoms with E-state index in [1.807, 2.05) is 12.1 Å². The minimum atomic E-state index is 0.271. The second-order valence-corrected chi connectivity index (χ2v) is 5.44. The van der Waals surface area contributed by atoms with Gasteiger partial charge in [0, 0.05) is 4.47 Å². The van der Waals surface area contributed by atoms with Crippen molar-refractivity contribution in [3.63, 3.8) is 0 Å². The first kappa shape index (κ1) is 10.9. The Bertz CT molecular complexity index is 350. The maximum atomic E-state index is 5.62. The van der Waals surface area contributed by atoms with E-state index in [-0.39, 0.29) is 6.10 Å². The van der Waals surface area contributed by atoms with E-state index in [9.17, 15) is 0 Å². The second-order valence-electron chi connectivity index (χ2n) is 2.94. The fourth-order valence-corrected chi connectivity index (χ4v) is 2.46. The van der Waals surface area contributed by atoms with Gasteiger partial charge in [-0.1, -0.05) is 0 Å². The van der Waals surface area contributed by atoms with Crippen molar-refractivity contribution in [2.75, 3.05) is 13.2 Å². The zero-order chi connectivity index (χ0) is 10.1. The van der Waals surface area contributed by atoms with Gasteiger partial charge < -0.3 is 9.47 Å². The van der Waals surface area contributed by atoms with Crippen molar-refractivity contribution in [3.05, 3.63) is 25.6 Å². The first-order valence-electron chi connectivity index (χ1n) is 4.06. The molecule has 0 spiro atoms. The predicted molar refractivity (Wildman–Crippen MR) is 64.8 cm³/mol. The molecule has 0 N–H and O–H groups in total. The van der Waals surface area contributed by atoms with Gasteiger partial charge in [0.2, 0.25) is 0 Å². The van der Waals surface area contributed by atoms with Crippen LogP contribution in [0.15, 0.2) is 25.6 Å². The van der Waals surface area contributed by atoms with Crippen LogP contribution in [0.2, 0.25) is 0 Å². The largest absolute Gasteiger partial charge is 0.488 e. The fourth-order valence-electron chi connectivity index (χ4n) is 0.981. The number of hydrogen-bond donors (Lipinski definition) is 0. The molecule has 1 saturated heterocycles. The van der Waals surface area contributed by atoms with Crippen molar-refractivity contribution in [3.8, 4) is 5.75 Å². The molecule has 0 radical (unpaired) electrons. The summed E-state index contributed by atoms with van der Waals surface area (Å²) in [5.74, 6) is 0.815. The van der Waals surface area contributed by atoms with Crippen molar-refractivity contribution < 1.29 is 9.47 Å². The van der Waals surface area contributed by atoms with Crippen LogP contribution in [0.3, 0.4) is 0 Å². The fraction of sp³-hybridized carbons (Fsp3) is 0.333. The summed E-state index contributed by atoms with van der Waals surface area (Å²) >= 11 is 10.3. The molecule has 1 fully saturated rings. The van der Waals surface area contributed by atoms with E-state index in [0.29, 0.717) is 6.61 Å². The molecule has 0 bridgehead atoms. The molecular weight excluding hydrogens is 380 g/mol. The Kier molecular flexibility index (Phi) is 3.52. The highest BCUT2D eigenvalue weighted by molar-refractivity contribution is 9.13. The van der Waals surface area contributed by atoms with Crippen LogP contribution in [0.4, 0.5) is 0 Å². The normalized spacial score (nSPS) is 19.5. The monoisotopic (exact) mass is 384 g/mol. The molecule has 1 atom stereocenters. The highest BCUT2D eigenvalue weighted by Gasteiger charge is 2.24. The zero-order valence-corrected chi connectivity index (χ0v) is 11.9. The van der Waals surface area contributed by atoms with Crippen LogP contribution in [0.5, 0.6) is 5.75 Å². The van der Waals surface area contributed by atoms with Crippen LogP contribution in [0, 0.1) is 0 Å². The number of ether oxygens (including phenoxy) is 2. The Balaban J connectivity index is 2.16. The highest BCUT2D eigenvalue weighted by atomic mass is 79.9. The van der Waals surface area contributed by atoms with E-state index in [2.05, 4.69) is 47.8 Å². The molecule has 1 aliphatic heterocycles.